The minimum atomic E-state index is 0.501. The Bertz CT molecular complexity index is 1170. The number of morpholine rings is 1. The number of nitrogens with one attached hydrogen (secondary N) is 1. The topological polar surface area (TPSA) is 70.2 Å². The second kappa shape index (κ2) is 7.52. The van der Waals surface area contributed by atoms with E-state index in [0.717, 1.165) is 73.2 Å². The van der Waals surface area contributed by atoms with Crippen LogP contribution in [0, 0.1) is 0 Å². The van der Waals surface area contributed by atoms with E-state index in [1.165, 1.54) is 16.8 Å². The van der Waals surface area contributed by atoms with E-state index in [4.69, 9.17) is 14.7 Å². The Hall–Kier alpha value is -2.71. The molecule has 0 bridgehead atoms. The number of aromatic amines is 1. The molecule has 2 fully saturated rings. The van der Waals surface area contributed by atoms with Gasteiger partial charge in [0.15, 0.2) is 5.13 Å². The SMILES string of the molecule is c1ccc2c(C3CCN(c4cnc5sc(N6CCOCC6)nc5c4)CC3)n[nH]c2c1. The largest absolute Gasteiger partial charge is 0.378 e. The van der Waals surface area contributed by atoms with E-state index >= 15 is 0 Å². The molecule has 8 heteroatoms. The van der Waals surface area contributed by atoms with Crippen LogP contribution >= 0.6 is 11.3 Å². The zero-order chi connectivity index (χ0) is 19.9. The molecule has 0 aliphatic carbocycles. The van der Waals surface area contributed by atoms with E-state index in [9.17, 15) is 0 Å². The minimum Gasteiger partial charge on any atom is -0.378 e. The average Bonchev–Trinajstić information content (AvgIpc) is 3.44. The molecule has 30 heavy (non-hydrogen) atoms. The highest BCUT2D eigenvalue weighted by atomic mass is 32.1. The molecule has 1 N–H and O–H groups in total. The maximum atomic E-state index is 5.46. The molecule has 5 heterocycles. The van der Waals surface area contributed by atoms with Gasteiger partial charge in [-0.1, -0.05) is 29.5 Å². The van der Waals surface area contributed by atoms with E-state index in [0.29, 0.717) is 5.92 Å². The predicted molar refractivity (Wildman–Crippen MR) is 121 cm³/mol. The summed E-state index contributed by atoms with van der Waals surface area (Å²) < 4.78 is 5.46. The highest BCUT2D eigenvalue weighted by Gasteiger charge is 2.25. The molecular formula is C22H24N6OS. The molecule has 3 aromatic heterocycles. The average molecular weight is 421 g/mol. The lowest BCUT2D eigenvalue weighted by Gasteiger charge is -2.32. The molecule has 154 valence electrons. The first-order valence-electron chi connectivity index (χ1n) is 10.6. The second-order valence-electron chi connectivity index (χ2n) is 8.03. The molecule has 1 aromatic carbocycles. The van der Waals surface area contributed by atoms with Gasteiger partial charge in [-0.05, 0) is 25.0 Å². The van der Waals surface area contributed by atoms with Gasteiger partial charge >= 0.3 is 0 Å². The number of hydrogen-bond donors (Lipinski definition) is 1. The quantitative estimate of drug-likeness (QED) is 0.544. The van der Waals surface area contributed by atoms with Crippen LogP contribution in [0.1, 0.15) is 24.5 Å². The molecule has 0 radical (unpaired) electrons. The lowest BCUT2D eigenvalue weighted by molar-refractivity contribution is 0.122. The Morgan fingerprint density at radius 1 is 1.03 bits per heavy atom. The summed E-state index contributed by atoms with van der Waals surface area (Å²) in [5, 5.41) is 10.1. The van der Waals surface area contributed by atoms with E-state index in [-0.39, 0.29) is 0 Å². The third-order valence-electron chi connectivity index (χ3n) is 6.25. The van der Waals surface area contributed by atoms with Crippen molar-refractivity contribution in [1.82, 2.24) is 20.2 Å². The monoisotopic (exact) mass is 420 g/mol. The van der Waals surface area contributed by atoms with Crippen molar-refractivity contribution in [2.75, 3.05) is 49.2 Å². The maximum absolute atomic E-state index is 5.46. The van der Waals surface area contributed by atoms with Crippen molar-refractivity contribution in [1.29, 1.82) is 0 Å². The second-order valence-corrected chi connectivity index (χ2v) is 8.99. The summed E-state index contributed by atoms with van der Waals surface area (Å²) in [4.78, 5) is 15.3. The number of fused-ring (bicyclic) bond motifs is 2. The Balaban J connectivity index is 1.19. The van der Waals surface area contributed by atoms with Crippen molar-refractivity contribution in [3.63, 3.8) is 0 Å². The standard InChI is InChI=1S/C22H24N6OS/c1-2-4-18-17(3-1)20(26-25-18)15-5-7-27(8-6-15)16-13-19-21(23-14-16)30-22(24-19)28-9-11-29-12-10-28/h1-4,13-15H,5-12H2,(H,25,26). The van der Waals surface area contributed by atoms with Gasteiger partial charge in [0.2, 0.25) is 0 Å². The number of benzene rings is 1. The smallest absolute Gasteiger partial charge is 0.188 e. The molecule has 7 nitrogen and oxygen atoms in total. The number of ether oxygens (including phenoxy) is 1. The summed E-state index contributed by atoms with van der Waals surface area (Å²) in [6, 6.07) is 10.6. The van der Waals surface area contributed by atoms with Gasteiger partial charge in [-0.3, -0.25) is 5.10 Å². The fourth-order valence-electron chi connectivity index (χ4n) is 4.57. The number of anilines is 2. The molecular weight excluding hydrogens is 396 g/mol. The highest BCUT2D eigenvalue weighted by Crippen LogP contribution is 2.35. The molecule has 6 rings (SSSR count). The zero-order valence-corrected chi connectivity index (χ0v) is 17.6. The van der Waals surface area contributed by atoms with Crippen LogP contribution in [0.4, 0.5) is 10.8 Å². The van der Waals surface area contributed by atoms with Crippen LogP contribution in [0.3, 0.4) is 0 Å². The summed E-state index contributed by atoms with van der Waals surface area (Å²) in [5.74, 6) is 0.501. The van der Waals surface area contributed by atoms with Gasteiger partial charge in [0.25, 0.3) is 0 Å². The Kier molecular flexibility index (Phi) is 4.53. The van der Waals surface area contributed by atoms with Crippen LogP contribution in [0.15, 0.2) is 36.5 Å². The summed E-state index contributed by atoms with van der Waals surface area (Å²) in [6.45, 7) is 5.38. The van der Waals surface area contributed by atoms with E-state index in [1.54, 1.807) is 11.3 Å². The number of thiazole rings is 1. The minimum absolute atomic E-state index is 0.501. The first-order valence-corrected chi connectivity index (χ1v) is 11.4. The predicted octanol–water partition coefficient (Wildman–Crippen LogP) is 3.79. The fourth-order valence-corrected chi connectivity index (χ4v) is 5.51. The number of pyridine rings is 1. The highest BCUT2D eigenvalue weighted by molar-refractivity contribution is 7.21. The molecule has 0 unspecified atom stereocenters. The first-order chi connectivity index (χ1) is 14.8. The molecule has 2 saturated heterocycles. The van der Waals surface area contributed by atoms with Gasteiger partial charge in [0.05, 0.1) is 36.3 Å². The molecule has 2 aliphatic rings. The van der Waals surface area contributed by atoms with E-state index in [1.807, 2.05) is 6.20 Å². The lowest BCUT2D eigenvalue weighted by atomic mass is 9.91. The number of nitrogens with zero attached hydrogens (tertiary/aromatic N) is 5. The number of piperidine rings is 1. The van der Waals surface area contributed by atoms with Gasteiger partial charge in [0.1, 0.15) is 10.3 Å². The molecule has 2 aliphatic heterocycles. The third-order valence-corrected chi connectivity index (χ3v) is 7.29. The fraction of sp³-hybridized carbons (Fsp3) is 0.409. The summed E-state index contributed by atoms with van der Waals surface area (Å²) in [6.07, 6.45) is 4.21. The van der Waals surface area contributed by atoms with Crippen molar-refractivity contribution in [2.45, 2.75) is 18.8 Å². The molecule has 0 saturated carbocycles. The number of hydrogen-bond acceptors (Lipinski definition) is 7. The summed E-state index contributed by atoms with van der Waals surface area (Å²) >= 11 is 1.68. The van der Waals surface area contributed by atoms with Crippen molar-refractivity contribution in [3.8, 4) is 0 Å². The van der Waals surface area contributed by atoms with Crippen LogP contribution in [0.2, 0.25) is 0 Å². The zero-order valence-electron chi connectivity index (χ0n) is 16.8. The van der Waals surface area contributed by atoms with Crippen molar-refractivity contribution in [2.24, 2.45) is 0 Å². The van der Waals surface area contributed by atoms with Gasteiger partial charge in [-0.25, -0.2) is 9.97 Å². The third kappa shape index (κ3) is 3.20. The van der Waals surface area contributed by atoms with Crippen molar-refractivity contribution < 1.29 is 4.74 Å². The van der Waals surface area contributed by atoms with Gasteiger partial charge in [0, 0.05) is 37.5 Å². The van der Waals surface area contributed by atoms with E-state index < -0.39 is 0 Å². The van der Waals surface area contributed by atoms with Crippen LogP contribution in [0.5, 0.6) is 0 Å². The first kappa shape index (κ1) is 18.1. The summed E-state index contributed by atoms with van der Waals surface area (Å²) in [7, 11) is 0. The lowest BCUT2D eigenvalue weighted by Crippen LogP contribution is -2.36. The van der Waals surface area contributed by atoms with Gasteiger partial charge < -0.3 is 14.5 Å². The van der Waals surface area contributed by atoms with Gasteiger partial charge in [-0.2, -0.15) is 5.10 Å². The van der Waals surface area contributed by atoms with Gasteiger partial charge in [-0.15, -0.1) is 0 Å². The number of H-pyrrole nitrogens is 1. The Morgan fingerprint density at radius 3 is 2.73 bits per heavy atom. The normalized spacial score (nSPS) is 18.5. The van der Waals surface area contributed by atoms with Crippen molar-refractivity contribution >= 4 is 43.4 Å². The molecule has 4 aromatic rings. The van der Waals surface area contributed by atoms with Crippen LogP contribution in [-0.2, 0) is 4.74 Å². The summed E-state index contributed by atoms with van der Waals surface area (Å²) in [5.41, 5.74) is 4.52. The van der Waals surface area contributed by atoms with Crippen LogP contribution in [0.25, 0.3) is 21.3 Å². The number of aromatic nitrogens is 4. The molecule has 0 spiro atoms. The number of para-hydroxylation sites is 1. The molecule has 0 atom stereocenters. The van der Waals surface area contributed by atoms with Crippen LogP contribution < -0.4 is 9.80 Å². The number of rotatable bonds is 3. The maximum Gasteiger partial charge on any atom is 0.188 e. The molecule has 0 amide bonds. The van der Waals surface area contributed by atoms with Crippen LogP contribution in [-0.4, -0.2) is 59.6 Å². The Morgan fingerprint density at radius 2 is 1.87 bits per heavy atom. The Labute approximate surface area is 178 Å². The van der Waals surface area contributed by atoms with Crippen molar-refractivity contribution in [3.05, 3.63) is 42.2 Å². The van der Waals surface area contributed by atoms with E-state index in [2.05, 4.69) is 50.3 Å².